The maximum absolute atomic E-state index is 12.9. The van der Waals surface area contributed by atoms with E-state index in [1.54, 1.807) is 42.5 Å². The number of ether oxygens (including phenoxy) is 1. The summed E-state index contributed by atoms with van der Waals surface area (Å²) >= 11 is 0. The molecule has 0 aliphatic heterocycles. The molecule has 24 heavy (non-hydrogen) atoms. The number of carboxylic acids is 1. The van der Waals surface area contributed by atoms with Crippen LogP contribution in [0.4, 0.5) is 5.69 Å². The first-order valence-corrected chi connectivity index (χ1v) is 8.91. The number of rotatable bonds is 8. The summed E-state index contributed by atoms with van der Waals surface area (Å²) < 4.78 is 32.2. The monoisotopic (exact) mass is 349 g/mol. The summed E-state index contributed by atoms with van der Waals surface area (Å²) in [6.07, 6.45) is -0.292. The van der Waals surface area contributed by atoms with E-state index >= 15 is 0 Å². The normalized spacial score (nSPS) is 11.0. The third kappa shape index (κ3) is 4.26. The molecule has 0 heterocycles. The standard InChI is InChI=1S/C17H19NO5S/c1-2-23-15-10-8-14(9-11-15)18(13-12-17(19)20)24(21,22)16-6-4-3-5-7-16/h3-11H,2,12-13H2,1H3,(H,19,20). The molecule has 2 aromatic carbocycles. The third-order valence-electron chi connectivity index (χ3n) is 3.30. The Morgan fingerprint density at radius 2 is 1.71 bits per heavy atom. The minimum absolute atomic E-state index is 0.115. The predicted octanol–water partition coefficient (Wildman–Crippen LogP) is 2.76. The highest BCUT2D eigenvalue weighted by Crippen LogP contribution is 2.26. The van der Waals surface area contributed by atoms with Crippen molar-refractivity contribution >= 4 is 21.7 Å². The van der Waals surface area contributed by atoms with Crippen molar-refractivity contribution in [1.82, 2.24) is 0 Å². The molecule has 0 saturated heterocycles. The number of hydrogen-bond acceptors (Lipinski definition) is 4. The fourth-order valence-electron chi connectivity index (χ4n) is 2.18. The van der Waals surface area contributed by atoms with Crippen molar-refractivity contribution in [2.45, 2.75) is 18.2 Å². The second kappa shape index (κ2) is 7.83. The van der Waals surface area contributed by atoms with Gasteiger partial charge in [0.2, 0.25) is 0 Å². The van der Waals surface area contributed by atoms with Crippen LogP contribution in [-0.2, 0) is 14.8 Å². The highest BCUT2D eigenvalue weighted by molar-refractivity contribution is 7.92. The Kier molecular flexibility index (Phi) is 5.81. The Bertz CT molecular complexity index is 772. The van der Waals surface area contributed by atoms with Crippen molar-refractivity contribution < 1.29 is 23.1 Å². The molecule has 0 saturated carbocycles. The second-order valence-electron chi connectivity index (χ2n) is 4.96. The van der Waals surface area contributed by atoms with Crippen LogP contribution >= 0.6 is 0 Å². The molecule has 0 aliphatic carbocycles. The summed E-state index contributed by atoms with van der Waals surface area (Å²) in [6.45, 7) is 2.21. The number of hydrogen-bond donors (Lipinski definition) is 1. The summed E-state index contributed by atoms with van der Waals surface area (Å²) in [4.78, 5) is 11.0. The van der Waals surface area contributed by atoms with Crippen LogP contribution in [0, 0.1) is 0 Å². The quantitative estimate of drug-likeness (QED) is 0.792. The van der Waals surface area contributed by atoms with Gasteiger partial charge in [-0.1, -0.05) is 18.2 Å². The highest BCUT2D eigenvalue weighted by Gasteiger charge is 2.25. The largest absolute Gasteiger partial charge is 0.494 e. The van der Waals surface area contributed by atoms with Gasteiger partial charge in [0.15, 0.2) is 0 Å². The van der Waals surface area contributed by atoms with Gasteiger partial charge in [0.25, 0.3) is 10.0 Å². The zero-order valence-electron chi connectivity index (χ0n) is 13.3. The number of benzene rings is 2. The van der Waals surface area contributed by atoms with Gasteiger partial charge in [-0.15, -0.1) is 0 Å². The van der Waals surface area contributed by atoms with Gasteiger partial charge in [-0.2, -0.15) is 0 Å². The average Bonchev–Trinajstić information content (AvgIpc) is 2.57. The smallest absolute Gasteiger partial charge is 0.305 e. The highest BCUT2D eigenvalue weighted by atomic mass is 32.2. The Morgan fingerprint density at radius 1 is 1.08 bits per heavy atom. The molecule has 128 valence electrons. The molecule has 2 aromatic rings. The van der Waals surface area contributed by atoms with Crippen LogP contribution < -0.4 is 9.04 Å². The zero-order chi connectivity index (χ0) is 17.6. The fourth-order valence-corrected chi connectivity index (χ4v) is 3.67. The van der Waals surface area contributed by atoms with Gasteiger partial charge >= 0.3 is 5.97 Å². The molecule has 0 atom stereocenters. The van der Waals surface area contributed by atoms with Crippen LogP contribution in [0.15, 0.2) is 59.5 Å². The molecule has 2 rings (SSSR count). The minimum atomic E-state index is -3.85. The van der Waals surface area contributed by atoms with E-state index in [0.717, 1.165) is 4.31 Å². The molecule has 1 N–H and O–H groups in total. The number of aliphatic carboxylic acids is 1. The molecule has 0 aliphatic rings. The molecule has 0 aromatic heterocycles. The summed E-state index contributed by atoms with van der Waals surface area (Å²) in [7, 11) is -3.85. The Hall–Kier alpha value is -2.54. The second-order valence-corrected chi connectivity index (χ2v) is 6.82. The lowest BCUT2D eigenvalue weighted by atomic mass is 10.3. The molecule has 0 radical (unpaired) electrons. The maximum atomic E-state index is 12.9. The molecule has 0 fully saturated rings. The van der Waals surface area contributed by atoms with Gasteiger partial charge < -0.3 is 9.84 Å². The molecule has 0 spiro atoms. The Labute approximate surface area is 141 Å². The Balaban J connectivity index is 2.39. The van der Waals surface area contributed by atoms with Crippen LogP contribution in [-0.4, -0.2) is 32.6 Å². The minimum Gasteiger partial charge on any atom is -0.494 e. The van der Waals surface area contributed by atoms with Crippen molar-refractivity contribution in [3.05, 3.63) is 54.6 Å². The summed E-state index contributed by atoms with van der Waals surface area (Å²) in [6, 6.07) is 14.5. The van der Waals surface area contributed by atoms with Gasteiger partial charge in [-0.3, -0.25) is 9.10 Å². The first kappa shape index (κ1) is 17.8. The number of carboxylic acid groups (broad SMARTS) is 1. The van der Waals surface area contributed by atoms with Crippen molar-refractivity contribution in [3.8, 4) is 5.75 Å². The average molecular weight is 349 g/mol. The summed E-state index contributed by atoms with van der Waals surface area (Å²) in [5.41, 5.74) is 0.392. The number of anilines is 1. The molecule has 6 nitrogen and oxygen atoms in total. The van der Waals surface area contributed by atoms with E-state index in [4.69, 9.17) is 9.84 Å². The van der Waals surface area contributed by atoms with Crippen LogP contribution in [0.25, 0.3) is 0 Å². The molecule has 7 heteroatoms. The zero-order valence-corrected chi connectivity index (χ0v) is 14.1. The van der Waals surface area contributed by atoms with Crippen molar-refractivity contribution in [2.24, 2.45) is 0 Å². The van der Waals surface area contributed by atoms with E-state index in [9.17, 15) is 13.2 Å². The predicted molar refractivity (Wildman–Crippen MR) is 90.8 cm³/mol. The van der Waals surface area contributed by atoms with Crippen LogP contribution in [0.3, 0.4) is 0 Å². The topological polar surface area (TPSA) is 83.9 Å². The summed E-state index contributed by atoms with van der Waals surface area (Å²) in [5, 5.41) is 8.92. The van der Waals surface area contributed by atoms with Gasteiger partial charge in [0.1, 0.15) is 5.75 Å². The van der Waals surface area contributed by atoms with Gasteiger partial charge in [-0.25, -0.2) is 8.42 Å². The molecular weight excluding hydrogens is 330 g/mol. The van der Waals surface area contributed by atoms with Gasteiger partial charge in [0.05, 0.1) is 23.6 Å². The first-order valence-electron chi connectivity index (χ1n) is 7.47. The summed E-state index contributed by atoms with van der Waals surface area (Å²) in [5.74, 6) is -0.439. The van der Waals surface area contributed by atoms with Crippen LogP contribution in [0.1, 0.15) is 13.3 Å². The van der Waals surface area contributed by atoms with E-state index in [0.29, 0.717) is 18.0 Å². The molecular formula is C17H19NO5S. The van der Waals surface area contributed by atoms with Crippen molar-refractivity contribution in [1.29, 1.82) is 0 Å². The van der Waals surface area contributed by atoms with Crippen molar-refractivity contribution in [2.75, 3.05) is 17.5 Å². The van der Waals surface area contributed by atoms with Crippen LogP contribution in [0.5, 0.6) is 5.75 Å². The maximum Gasteiger partial charge on any atom is 0.305 e. The number of nitrogens with zero attached hydrogens (tertiary/aromatic N) is 1. The fraction of sp³-hybridized carbons (Fsp3) is 0.235. The molecule has 0 unspecified atom stereocenters. The van der Waals surface area contributed by atoms with Crippen molar-refractivity contribution in [3.63, 3.8) is 0 Å². The van der Waals surface area contributed by atoms with E-state index in [-0.39, 0.29) is 17.9 Å². The molecule has 0 amide bonds. The van der Waals surface area contributed by atoms with Gasteiger partial charge in [-0.05, 0) is 43.3 Å². The van der Waals surface area contributed by atoms with E-state index < -0.39 is 16.0 Å². The van der Waals surface area contributed by atoms with Gasteiger partial charge in [0, 0.05) is 6.54 Å². The number of sulfonamides is 1. The molecule has 0 bridgehead atoms. The lowest BCUT2D eigenvalue weighted by molar-refractivity contribution is -0.136. The number of carbonyl (C=O) groups is 1. The lowest BCUT2D eigenvalue weighted by Crippen LogP contribution is -2.33. The van der Waals surface area contributed by atoms with E-state index in [1.807, 2.05) is 6.92 Å². The van der Waals surface area contributed by atoms with E-state index in [1.165, 1.54) is 12.1 Å². The van der Waals surface area contributed by atoms with E-state index in [2.05, 4.69) is 0 Å². The Morgan fingerprint density at radius 3 is 2.25 bits per heavy atom. The van der Waals surface area contributed by atoms with Crippen LogP contribution in [0.2, 0.25) is 0 Å². The SMILES string of the molecule is CCOc1ccc(N(CCC(=O)O)S(=O)(=O)c2ccccc2)cc1. The first-order chi connectivity index (χ1) is 11.4. The lowest BCUT2D eigenvalue weighted by Gasteiger charge is -2.24. The third-order valence-corrected chi connectivity index (χ3v) is 5.14.